The van der Waals surface area contributed by atoms with Crippen molar-refractivity contribution in [2.45, 2.75) is 12.8 Å². The summed E-state index contributed by atoms with van der Waals surface area (Å²) in [6.45, 7) is 1.80. The predicted molar refractivity (Wildman–Crippen MR) is 68.5 cm³/mol. The molecule has 1 N–H and O–H groups in total. The fourth-order valence-electron chi connectivity index (χ4n) is 2.04. The van der Waals surface area contributed by atoms with Crippen molar-refractivity contribution in [1.82, 2.24) is 5.32 Å². The Hall–Kier alpha value is -1.40. The topological polar surface area (TPSA) is 73.9 Å². The lowest BCUT2D eigenvalue weighted by atomic mass is 9.80. The molecule has 6 heteroatoms. The molecule has 0 unspecified atom stereocenters. The third-order valence-electron chi connectivity index (χ3n) is 3.19. The van der Waals surface area contributed by atoms with Crippen LogP contribution in [-0.4, -0.2) is 52.5 Å². The normalized spacial score (nSPS) is 18.2. The number of carbonyl (C=O) groups excluding carboxylic acids is 2. The fraction of sp³-hybridized carbons (Fsp3) is 0.692. The van der Waals surface area contributed by atoms with Crippen molar-refractivity contribution >= 4 is 11.9 Å². The van der Waals surface area contributed by atoms with Crippen molar-refractivity contribution < 1.29 is 23.8 Å². The Bertz CT molecular complexity index is 328. The second-order valence-corrected chi connectivity index (χ2v) is 4.46. The maximum atomic E-state index is 12.2. The Balaban J connectivity index is 2.48. The predicted octanol–water partition coefficient (Wildman–Crippen LogP) is 0.275. The van der Waals surface area contributed by atoms with E-state index in [-0.39, 0.29) is 5.91 Å². The summed E-state index contributed by atoms with van der Waals surface area (Å²) in [4.78, 5) is 23.1. The molecule has 0 aliphatic carbocycles. The van der Waals surface area contributed by atoms with E-state index in [0.717, 1.165) is 0 Å². The molecule has 1 rings (SSSR count). The average molecular weight is 271 g/mol. The van der Waals surface area contributed by atoms with E-state index in [1.807, 2.05) is 0 Å². The van der Waals surface area contributed by atoms with Crippen LogP contribution in [0.25, 0.3) is 0 Å². The van der Waals surface area contributed by atoms with Gasteiger partial charge in [0.25, 0.3) is 0 Å². The van der Waals surface area contributed by atoms with Crippen LogP contribution in [0.5, 0.6) is 0 Å². The van der Waals surface area contributed by atoms with Gasteiger partial charge in [-0.3, -0.25) is 4.79 Å². The number of esters is 1. The Morgan fingerprint density at radius 1 is 1.32 bits per heavy atom. The van der Waals surface area contributed by atoms with E-state index >= 15 is 0 Å². The molecule has 0 aromatic heterocycles. The standard InChI is InChI=1S/C13H21NO5/c1-17-10-13(5-8-19-9-6-13)12(16)14-7-3-4-11(15)18-2/h3-4H,5-10H2,1-2H3,(H,14,16)/b4-3+. The SMILES string of the molecule is COCC1(C(=O)NC/C=C/C(=O)OC)CCOCC1. The Morgan fingerprint density at radius 3 is 2.58 bits per heavy atom. The number of hydrogen-bond donors (Lipinski definition) is 1. The van der Waals surface area contributed by atoms with Gasteiger partial charge in [-0.1, -0.05) is 6.08 Å². The van der Waals surface area contributed by atoms with Gasteiger partial charge in [0, 0.05) is 32.9 Å². The minimum Gasteiger partial charge on any atom is -0.466 e. The number of hydrogen-bond acceptors (Lipinski definition) is 5. The first kappa shape index (κ1) is 15.7. The molecule has 1 fully saturated rings. The molecule has 108 valence electrons. The van der Waals surface area contributed by atoms with Crippen LogP contribution < -0.4 is 5.32 Å². The van der Waals surface area contributed by atoms with Gasteiger partial charge in [0.2, 0.25) is 5.91 Å². The van der Waals surface area contributed by atoms with Crippen LogP contribution in [-0.2, 0) is 23.8 Å². The van der Waals surface area contributed by atoms with Crippen molar-refractivity contribution in [2.24, 2.45) is 5.41 Å². The van der Waals surface area contributed by atoms with Crippen LogP contribution >= 0.6 is 0 Å². The summed E-state index contributed by atoms with van der Waals surface area (Å²) in [7, 11) is 2.89. The van der Waals surface area contributed by atoms with Gasteiger partial charge in [-0.15, -0.1) is 0 Å². The number of amides is 1. The maximum Gasteiger partial charge on any atom is 0.330 e. The lowest BCUT2D eigenvalue weighted by Gasteiger charge is -2.34. The van der Waals surface area contributed by atoms with E-state index < -0.39 is 11.4 Å². The third-order valence-corrected chi connectivity index (χ3v) is 3.19. The van der Waals surface area contributed by atoms with E-state index in [2.05, 4.69) is 10.1 Å². The highest BCUT2D eigenvalue weighted by atomic mass is 16.5. The van der Waals surface area contributed by atoms with Crippen LogP contribution in [0.4, 0.5) is 0 Å². The quantitative estimate of drug-likeness (QED) is 0.554. The van der Waals surface area contributed by atoms with Crippen molar-refractivity contribution in [1.29, 1.82) is 0 Å². The van der Waals surface area contributed by atoms with Crippen LogP contribution in [0.2, 0.25) is 0 Å². The second kappa shape index (κ2) is 7.91. The van der Waals surface area contributed by atoms with Crippen LogP contribution in [0.1, 0.15) is 12.8 Å². The molecule has 6 nitrogen and oxygen atoms in total. The largest absolute Gasteiger partial charge is 0.466 e. The Morgan fingerprint density at radius 2 is 2.00 bits per heavy atom. The minimum absolute atomic E-state index is 0.0628. The van der Waals surface area contributed by atoms with Crippen molar-refractivity contribution in [2.75, 3.05) is 40.6 Å². The molecule has 1 amide bonds. The van der Waals surface area contributed by atoms with Crippen molar-refractivity contribution in [3.63, 3.8) is 0 Å². The number of rotatable bonds is 6. The third kappa shape index (κ3) is 4.65. The Labute approximate surface area is 113 Å². The zero-order valence-electron chi connectivity index (χ0n) is 11.4. The molecule has 1 saturated heterocycles. The van der Waals surface area contributed by atoms with Crippen LogP contribution in [0.15, 0.2) is 12.2 Å². The molecule has 0 radical (unpaired) electrons. The van der Waals surface area contributed by atoms with Crippen LogP contribution in [0, 0.1) is 5.41 Å². The van der Waals surface area contributed by atoms with Gasteiger partial charge in [0.15, 0.2) is 0 Å². The lowest BCUT2D eigenvalue weighted by Crippen LogP contribution is -2.47. The summed E-state index contributed by atoms with van der Waals surface area (Å²) in [6.07, 6.45) is 4.14. The zero-order valence-corrected chi connectivity index (χ0v) is 11.4. The summed E-state index contributed by atoms with van der Waals surface area (Å²) in [5.74, 6) is -0.501. The highest BCUT2D eigenvalue weighted by Crippen LogP contribution is 2.30. The zero-order chi connectivity index (χ0) is 14.1. The molecule has 19 heavy (non-hydrogen) atoms. The molecular formula is C13H21NO5. The highest BCUT2D eigenvalue weighted by Gasteiger charge is 2.39. The van der Waals surface area contributed by atoms with Gasteiger partial charge in [-0.2, -0.15) is 0 Å². The van der Waals surface area contributed by atoms with Crippen molar-refractivity contribution in [3.8, 4) is 0 Å². The number of methoxy groups -OCH3 is 2. The number of nitrogens with one attached hydrogen (secondary N) is 1. The van der Waals surface area contributed by atoms with Crippen LogP contribution in [0.3, 0.4) is 0 Å². The maximum absolute atomic E-state index is 12.2. The first-order valence-corrected chi connectivity index (χ1v) is 6.24. The first-order valence-electron chi connectivity index (χ1n) is 6.24. The van der Waals surface area contributed by atoms with E-state index in [1.165, 1.54) is 13.2 Å². The molecule has 0 aromatic rings. The van der Waals surface area contributed by atoms with E-state index in [4.69, 9.17) is 9.47 Å². The number of carbonyl (C=O) groups is 2. The highest BCUT2D eigenvalue weighted by molar-refractivity contribution is 5.84. The van der Waals surface area contributed by atoms with Gasteiger partial charge in [0.1, 0.15) is 0 Å². The molecule has 0 spiro atoms. The molecule has 0 bridgehead atoms. The first-order chi connectivity index (χ1) is 9.14. The summed E-state index contributed by atoms with van der Waals surface area (Å²) in [5, 5.41) is 2.79. The van der Waals surface area contributed by atoms with Crippen molar-refractivity contribution in [3.05, 3.63) is 12.2 Å². The van der Waals surface area contributed by atoms with Gasteiger partial charge in [-0.05, 0) is 12.8 Å². The van der Waals surface area contributed by atoms with Gasteiger partial charge in [-0.25, -0.2) is 4.79 Å². The van der Waals surface area contributed by atoms with Gasteiger partial charge < -0.3 is 19.5 Å². The second-order valence-electron chi connectivity index (χ2n) is 4.46. The molecule has 1 aliphatic rings. The van der Waals surface area contributed by atoms with Gasteiger partial charge >= 0.3 is 5.97 Å². The molecular weight excluding hydrogens is 250 g/mol. The summed E-state index contributed by atoms with van der Waals surface area (Å²) in [5.41, 5.74) is -0.522. The summed E-state index contributed by atoms with van der Waals surface area (Å²) in [6, 6.07) is 0. The monoisotopic (exact) mass is 271 g/mol. The smallest absolute Gasteiger partial charge is 0.330 e. The number of ether oxygens (including phenoxy) is 3. The minimum atomic E-state index is -0.522. The summed E-state index contributed by atoms with van der Waals surface area (Å²) >= 11 is 0. The summed E-state index contributed by atoms with van der Waals surface area (Å²) < 4.78 is 14.9. The fourth-order valence-corrected chi connectivity index (χ4v) is 2.04. The van der Waals surface area contributed by atoms with E-state index in [0.29, 0.717) is 39.2 Å². The molecule has 0 saturated carbocycles. The molecule has 0 aromatic carbocycles. The molecule has 1 aliphatic heterocycles. The molecule has 0 atom stereocenters. The average Bonchev–Trinajstić information content (AvgIpc) is 2.44. The van der Waals surface area contributed by atoms with E-state index in [1.54, 1.807) is 13.2 Å². The Kier molecular flexibility index (Phi) is 6.52. The van der Waals surface area contributed by atoms with E-state index in [9.17, 15) is 9.59 Å². The molecule has 1 heterocycles. The van der Waals surface area contributed by atoms with Gasteiger partial charge in [0.05, 0.1) is 19.1 Å². The lowest BCUT2D eigenvalue weighted by molar-refractivity contribution is -0.141.